The summed E-state index contributed by atoms with van der Waals surface area (Å²) in [5, 5.41) is 10.6. The molecule has 98 heavy (non-hydrogen) atoms. The molecule has 0 aliphatic heterocycles. The number of carbonyl (C=O) groups excluding carboxylic acids is 4. The van der Waals surface area contributed by atoms with Crippen LogP contribution in [0.2, 0.25) is 0 Å². The lowest BCUT2D eigenvalue weighted by molar-refractivity contribution is -0.161. The Morgan fingerprint density at radius 3 is 0.714 bits per heavy atom. The number of phosphoric ester groups is 2. The Morgan fingerprint density at radius 2 is 0.469 bits per heavy atom. The number of ether oxygens (including phenoxy) is 4. The van der Waals surface area contributed by atoms with Gasteiger partial charge in [0.15, 0.2) is 12.2 Å². The van der Waals surface area contributed by atoms with Crippen LogP contribution in [-0.4, -0.2) is 96.7 Å². The monoisotopic (exact) mass is 1430 g/mol. The summed E-state index contributed by atoms with van der Waals surface area (Å²) in [6.07, 6.45) is 69.4. The molecule has 0 heterocycles. The predicted molar refractivity (Wildman–Crippen MR) is 400 cm³/mol. The summed E-state index contributed by atoms with van der Waals surface area (Å²) in [5.74, 6) is -2.17. The van der Waals surface area contributed by atoms with E-state index in [0.717, 1.165) is 180 Å². The van der Waals surface area contributed by atoms with Gasteiger partial charge >= 0.3 is 39.5 Å². The summed E-state index contributed by atoms with van der Waals surface area (Å²) in [5.41, 5.74) is 0. The van der Waals surface area contributed by atoms with Crippen molar-refractivity contribution in [2.45, 2.75) is 393 Å². The normalized spacial score (nSPS) is 14.2. The van der Waals surface area contributed by atoms with E-state index in [4.69, 9.17) is 37.0 Å². The van der Waals surface area contributed by atoms with E-state index in [1.165, 1.54) is 116 Å². The maximum absolute atomic E-state index is 13.1. The number of phosphoric acid groups is 2. The molecule has 0 rings (SSSR count). The lowest BCUT2D eigenvalue weighted by atomic mass is 10.1. The first-order valence-corrected chi connectivity index (χ1v) is 42.9. The highest BCUT2D eigenvalue weighted by molar-refractivity contribution is 7.47. The standard InChI is InChI=1S/C79H146O17P2/c1-5-9-13-17-21-25-29-33-36-40-44-48-52-56-60-64-77(82)90-70-75(96-79(84)66-62-58-54-50-46-42-38-35-31-27-23-19-15-11-7-3)72-94-98(87,88)92-68-73(80)67-91-97(85,86)93-71-74(69-89-76(81)63-59-55-51-47-43-39-32-28-24-20-16-12-8-4)95-78(83)65-61-57-53-49-45-41-37-34-30-26-22-18-14-10-6-2/h26-28,30-33,36,73-75,80H,5-25,29,34-35,37-72H2,1-4H3,(H,85,86)(H,87,88)/b30-26-,31-27-,32-28-,36-33-/t73-,74+,75+/m0/s1. The van der Waals surface area contributed by atoms with Crippen LogP contribution in [0.25, 0.3) is 0 Å². The third-order valence-corrected chi connectivity index (χ3v) is 19.1. The molecule has 0 fully saturated rings. The molecule has 17 nitrogen and oxygen atoms in total. The fourth-order valence-electron chi connectivity index (χ4n) is 11.1. The fraction of sp³-hybridized carbons (Fsp3) is 0.848. The Labute approximate surface area is 597 Å². The van der Waals surface area contributed by atoms with Crippen LogP contribution in [0, 0.1) is 0 Å². The Hall–Kier alpha value is -2.98. The number of esters is 4. The van der Waals surface area contributed by atoms with Gasteiger partial charge in [-0.2, -0.15) is 0 Å². The molecule has 0 spiro atoms. The predicted octanol–water partition coefficient (Wildman–Crippen LogP) is 22.9. The molecule has 3 N–H and O–H groups in total. The Kier molecular flexibility index (Phi) is 70.2. The number of unbranched alkanes of at least 4 members (excludes halogenated alkanes) is 42. The molecule has 0 radical (unpaired) electrons. The van der Waals surface area contributed by atoms with Gasteiger partial charge in [0.2, 0.25) is 0 Å². The molecule has 0 aliphatic rings. The number of hydrogen-bond donors (Lipinski definition) is 3. The smallest absolute Gasteiger partial charge is 0.462 e. The van der Waals surface area contributed by atoms with Crippen molar-refractivity contribution in [2.24, 2.45) is 0 Å². The molecule has 0 aromatic heterocycles. The van der Waals surface area contributed by atoms with Crippen LogP contribution >= 0.6 is 15.6 Å². The van der Waals surface area contributed by atoms with Crippen molar-refractivity contribution >= 4 is 39.5 Å². The van der Waals surface area contributed by atoms with Gasteiger partial charge in [0.05, 0.1) is 26.4 Å². The van der Waals surface area contributed by atoms with Crippen molar-refractivity contribution in [2.75, 3.05) is 39.6 Å². The van der Waals surface area contributed by atoms with E-state index in [-0.39, 0.29) is 25.7 Å². The molecule has 0 aromatic rings. The minimum Gasteiger partial charge on any atom is -0.462 e. The van der Waals surface area contributed by atoms with Gasteiger partial charge in [-0.3, -0.25) is 37.3 Å². The number of aliphatic hydroxyl groups is 1. The highest BCUT2D eigenvalue weighted by atomic mass is 31.2. The molecule has 0 aromatic carbocycles. The van der Waals surface area contributed by atoms with Crippen LogP contribution < -0.4 is 0 Å². The second kappa shape index (κ2) is 72.4. The third kappa shape index (κ3) is 71.4. The first kappa shape index (κ1) is 95.0. The van der Waals surface area contributed by atoms with Gasteiger partial charge in [-0.25, -0.2) is 9.13 Å². The summed E-state index contributed by atoms with van der Waals surface area (Å²) in [6, 6.07) is 0. The van der Waals surface area contributed by atoms with Gasteiger partial charge in [0, 0.05) is 25.7 Å². The molecule has 0 bridgehead atoms. The molecule has 0 aliphatic carbocycles. The topological polar surface area (TPSA) is 237 Å². The molecule has 574 valence electrons. The maximum atomic E-state index is 13.1. The quantitative estimate of drug-likeness (QED) is 0.0169. The largest absolute Gasteiger partial charge is 0.472 e. The zero-order valence-corrected chi connectivity index (χ0v) is 64.5. The van der Waals surface area contributed by atoms with Crippen molar-refractivity contribution < 1.29 is 80.2 Å². The van der Waals surface area contributed by atoms with Crippen molar-refractivity contribution in [3.8, 4) is 0 Å². The van der Waals surface area contributed by atoms with Crippen molar-refractivity contribution in [1.82, 2.24) is 0 Å². The number of hydrogen-bond acceptors (Lipinski definition) is 15. The van der Waals surface area contributed by atoms with E-state index in [0.29, 0.717) is 25.7 Å². The van der Waals surface area contributed by atoms with Crippen molar-refractivity contribution in [1.29, 1.82) is 0 Å². The van der Waals surface area contributed by atoms with E-state index in [9.17, 15) is 43.2 Å². The average Bonchev–Trinajstić information content (AvgIpc) is 1.05. The Bertz CT molecular complexity index is 2050. The third-order valence-electron chi connectivity index (χ3n) is 17.2. The Morgan fingerprint density at radius 1 is 0.276 bits per heavy atom. The van der Waals surface area contributed by atoms with E-state index in [2.05, 4.69) is 76.3 Å². The molecule has 2 unspecified atom stereocenters. The Balaban J connectivity index is 5.33. The lowest BCUT2D eigenvalue weighted by Gasteiger charge is -2.21. The first-order valence-electron chi connectivity index (χ1n) is 39.9. The molecule has 0 saturated carbocycles. The van der Waals surface area contributed by atoms with E-state index in [1.54, 1.807) is 0 Å². The van der Waals surface area contributed by atoms with Gasteiger partial charge in [0.25, 0.3) is 0 Å². The SMILES string of the molecule is CCCCCC/C=C\CCCCCCCCCC(=O)O[C@H](COC(=O)CCCCCCC/C=C\CCCCCC)COP(=O)(O)OC[C@H](O)COP(=O)(O)OC[C@@H](COC(=O)CCCCCCC/C=C\CCCCCCCC)OC(=O)CCCCCCCCC/C=C\CCCCCC. The summed E-state index contributed by atoms with van der Waals surface area (Å²) in [6.45, 7) is 4.88. The molecule has 5 atom stereocenters. The van der Waals surface area contributed by atoms with Crippen LogP contribution in [0.5, 0.6) is 0 Å². The van der Waals surface area contributed by atoms with Gasteiger partial charge < -0.3 is 33.8 Å². The number of aliphatic hydroxyl groups excluding tert-OH is 1. The zero-order valence-electron chi connectivity index (χ0n) is 62.7. The van der Waals surface area contributed by atoms with Crippen LogP contribution in [-0.2, 0) is 65.4 Å². The minimum atomic E-state index is -4.97. The van der Waals surface area contributed by atoms with Gasteiger partial charge in [-0.05, 0) is 128 Å². The van der Waals surface area contributed by atoms with Gasteiger partial charge in [-0.1, -0.05) is 269 Å². The molecular weight excluding hydrogens is 1280 g/mol. The zero-order chi connectivity index (χ0) is 71.8. The van der Waals surface area contributed by atoms with Crippen LogP contribution in [0.15, 0.2) is 48.6 Å². The van der Waals surface area contributed by atoms with Gasteiger partial charge in [-0.15, -0.1) is 0 Å². The minimum absolute atomic E-state index is 0.0933. The molecule has 0 amide bonds. The second-order valence-electron chi connectivity index (χ2n) is 27.0. The lowest BCUT2D eigenvalue weighted by Crippen LogP contribution is -2.30. The molecule has 19 heteroatoms. The average molecular weight is 1430 g/mol. The van der Waals surface area contributed by atoms with Gasteiger partial charge in [0.1, 0.15) is 19.3 Å². The van der Waals surface area contributed by atoms with E-state index in [1.807, 2.05) is 0 Å². The maximum Gasteiger partial charge on any atom is 0.472 e. The fourth-order valence-corrected chi connectivity index (χ4v) is 12.7. The van der Waals surface area contributed by atoms with Crippen molar-refractivity contribution in [3.05, 3.63) is 48.6 Å². The first-order chi connectivity index (χ1) is 47.7. The van der Waals surface area contributed by atoms with Crippen molar-refractivity contribution in [3.63, 3.8) is 0 Å². The summed E-state index contributed by atoms with van der Waals surface area (Å²) in [4.78, 5) is 72.9. The second-order valence-corrected chi connectivity index (χ2v) is 29.9. The summed E-state index contributed by atoms with van der Waals surface area (Å²) < 4.78 is 68.6. The number of carbonyl (C=O) groups is 4. The molecule has 0 saturated heterocycles. The molecular formula is C79H146O17P2. The van der Waals surface area contributed by atoms with Crippen LogP contribution in [0.1, 0.15) is 374 Å². The van der Waals surface area contributed by atoms with Crippen LogP contribution in [0.3, 0.4) is 0 Å². The highest BCUT2D eigenvalue weighted by Gasteiger charge is 2.30. The van der Waals surface area contributed by atoms with E-state index >= 15 is 0 Å². The van der Waals surface area contributed by atoms with E-state index < -0.39 is 97.5 Å². The number of rotatable bonds is 76. The summed E-state index contributed by atoms with van der Waals surface area (Å²) in [7, 11) is -9.94. The highest BCUT2D eigenvalue weighted by Crippen LogP contribution is 2.45. The van der Waals surface area contributed by atoms with Crippen LogP contribution in [0.4, 0.5) is 0 Å². The number of allylic oxidation sites excluding steroid dienone is 8. The summed E-state index contributed by atoms with van der Waals surface area (Å²) >= 11 is 0.